The number of aromatic nitrogens is 1. The lowest BCUT2D eigenvalue weighted by Crippen LogP contribution is -2.41. The Balaban J connectivity index is 2.21. The van der Waals surface area contributed by atoms with Crippen molar-refractivity contribution in [3.63, 3.8) is 0 Å². The van der Waals surface area contributed by atoms with Gasteiger partial charge in [0, 0.05) is 24.7 Å². The third-order valence-corrected chi connectivity index (χ3v) is 4.09. The van der Waals surface area contributed by atoms with E-state index < -0.39 is 4.92 Å². The lowest BCUT2D eigenvalue weighted by molar-refractivity contribution is -0.385. The first-order valence-corrected chi connectivity index (χ1v) is 7.22. The second kappa shape index (κ2) is 6.37. The zero-order valence-corrected chi connectivity index (χ0v) is 12.2. The molecule has 1 aromatic heterocycles. The number of nitro groups is 1. The summed E-state index contributed by atoms with van der Waals surface area (Å²) in [6, 6.07) is 2.00. The maximum absolute atomic E-state index is 10.7. The van der Waals surface area contributed by atoms with Crippen molar-refractivity contribution in [1.29, 1.82) is 0 Å². The van der Waals surface area contributed by atoms with Gasteiger partial charge in [0.1, 0.15) is 12.0 Å². The molecule has 0 radical (unpaired) electrons. The maximum atomic E-state index is 10.7. The maximum Gasteiger partial charge on any atom is 0.289 e. The lowest BCUT2D eigenvalue weighted by atomic mass is 9.90. The minimum Gasteiger partial charge on any atom is -0.353 e. The number of hydrogen-bond acceptors (Lipinski definition) is 5. The first-order valence-electron chi connectivity index (χ1n) is 6.85. The molecule has 0 aliphatic heterocycles. The summed E-state index contributed by atoms with van der Waals surface area (Å²) in [7, 11) is 0. The Bertz CT molecular complexity index is 489. The lowest BCUT2D eigenvalue weighted by Gasteiger charge is -2.36. The van der Waals surface area contributed by atoms with Crippen LogP contribution in [0.2, 0.25) is 5.02 Å². The Morgan fingerprint density at radius 2 is 2.15 bits per heavy atom. The van der Waals surface area contributed by atoms with E-state index in [4.69, 9.17) is 17.3 Å². The van der Waals surface area contributed by atoms with E-state index in [1.165, 1.54) is 12.3 Å². The van der Waals surface area contributed by atoms with Crippen molar-refractivity contribution in [2.75, 3.05) is 11.4 Å². The van der Waals surface area contributed by atoms with Crippen LogP contribution >= 0.6 is 11.6 Å². The number of pyridine rings is 1. The van der Waals surface area contributed by atoms with Gasteiger partial charge in [0.05, 0.1) is 9.95 Å². The molecule has 6 nitrogen and oxygen atoms in total. The van der Waals surface area contributed by atoms with Crippen LogP contribution in [0.3, 0.4) is 0 Å². The molecule has 1 saturated carbocycles. The Hall–Kier alpha value is -1.40. The van der Waals surface area contributed by atoms with E-state index in [0.29, 0.717) is 16.9 Å². The molecular weight excluding hydrogens is 280 g/mol. The van der Waals surface area contributed by atoms with Crippen LogP contribution in [0, 0.1) is 10.1 Å². The van der Waals surface area contributed by atoms with Gasteiger partial charge in [-0.25, -0.2) is 4.98 Å². The monoisotopic (exact) mass is 298 g/mol. The number of nitrogens with two attached hydrogens (primary N) is 1. The molecular formula is C13H19ClN4O2. The zero-order valence-electron chi connectivity index (χ0n) is 11.5. The average molecular weight is 299 g/mol. The highest BCUT2D eigenvalue weighted by Gasteiger charge is 2.26. The van der Waals surface area contributed by atoms with Crippen molar-refractivity contribution >= 4 is 23.1 Å². The Morgan fingerprint density at radius 3 is 2.65 bits per heavy atom. The summed E-state index contributed by atoms with van der Waals surface area (Å²) in [4.78, 5) is 16.5. The smallest absolute Gasteiger partial charge is 0.289 e. The standard InChI is InChI=1S/C13H19ClN4O2/c1-2-17(10-5-3-9(15)4-6-10)13-12(14)7-11(8-16-13)18(19)20/h7-10H,2-6,15H2,1H3. The van der Waals surface area contributed by atoms with E-state index >= 15 is 0 Å². The number of halogens is 1. The summed E-state index contributed by atoms with van der Waals surface area (Å²) in [5.41, 5.74) is 5.84. The second-order valence-corrected chi connectivity index (χ2v) is 5.52. The first kappa shape index (κ1) is 15.0. The summed E-state index contributed by atoms with van der Waals surface area (Å²) in [5, 5.41) is 11.1. The van der Waals surface area contributed by atoms with Crippen LogP contribution in [0.4, 0.5) is 11.5 Å². The van der Waals surface area contributed by atoms with Gasteiger partial charge in [0.2, 0.25) is 0 Å². The van der Waals surface area contributed by atoms with Crippen LogP contribution in [-0.4, -0.2) is 28.5 Å². The molecule has 2 N–H and O–H groups in total. The molecule has 0 saturated heterocycles. The Kier molecular flexibility index (Phi) is 4.77. The predicted molar refractivity (Wildman–Crippen MR) is 79.2 cm³/mol. The van der Waals surface area contributed by atoms with Crippen LogP contribution in [-0.2, 0) is 0 Å². The van der Waals surface area contributed by atoms with Gasteiger partial charge in [0.15, 0.2) is 0 Å². The molecule has 1 aliphatic carbocycles. The van der Waals surface area contributed by atoms with E-state index in [9.17, 15) is 10.1 Å². The highest BCUT2D eigenvalue weighted by atomic mass is 35.5. The first-order chi connectivity index (χ1) is 9.52. The number of anilines is 1. The molecule has 0 bridgehead atoms. The number of rotatable bonds is 4. The molecule has 0 spiro atoms. The summed E-state index contributed by atoms with van der Waals surface area (Å²) in [6.07, 6.45) is 5.25. The fourth-order valence-corrected chi connectivity index (χ4v) is 3.00. The molecule has 0 unspecified atom stereocenters. The molecule has 20 heavy (non-hydrogen) atoms. The summed E-state index contributed by atoms with van der Waals surface area (Å²) in [5.74, 6) is 0.625. The van der Waals surface area contributed by atoms with E-state index in [1.807, 2.05) is 6.92 Å². The highest BCUT2D eigenvalue weighted by molar-refractivity contribution is 6.33. The summed E-state index contributed by atoms with van der Waals surface area (Å²) < 4.78 is 0. The average Bonchev–Trinajstić information content (AvgIpc) is 2.43. The van der Waals surface area contributed by atoms with E-state index in [1.54, 1.807) is 0 Å². The molecule has 0 amide bonds. The molecule has 1 fully saturated rings. The summed E-state index contributed by atoms with van der Waals surface area (Å²) in [6.45, 7) is 2.80. The van der Waals surface area contributed by atoms with Crippen molar-refractivity contribution in [3.8, 4) is 0 Å². The second-order valence-electron chi connectivity index (χ2n) is 5.11. The molecule has 0 atom stereocenters. The third-order valence-electron chi connectivity index (χ3n) is 3.81. The van der Waals surface area contributed by atoms with Gasteiger partial charge >= 0.3 is 0 Å². The van der Waals surface area contributed by atoms with Gasteiger partial charge in [-0.15, -0.1) is 0 Å². The largest absolute Gasteiger partial charge is 0.353 e. The number of nitrogens with zero attached hydrogens (tertiary/aromatic N) is 3. The van der Waals surface area contributed by atoms with Crippen LogP contribution in [0.5, 0.6) is 0 Å². The molecule has 1 heterocycles. The third kappa shape index (κ3) is 3.19. The fourth-order valence-electron chi connectivity index (χ4n) is 2.73. The van der Waals surface area contributed by atoms with Gasteiger partial charge in [-0.05, 0) is 32.6 Å². The van der Waals surface area contributed by atoms with Gasteiger partial charge < -0.3 is 10.6 Å². The van der Waals surface area contributed by atoms with E-state index in [-0.39, 0.29) is 11.7 Å². The van der Waals surface area contributed by atoms with Crippen molar-refractivity contribution < 1.29 is 4.92 Å². The van der Waals surface area contributed by atoms with E-state index in [2.05, 4.69) is 9.88 Å². The van der Waals surface area contributed by atoms with Crippen LogP contribution in [0.25, 0.3) is 0 Å². The molecule has 0 aromatic carbocycles. The molecule has 1 aromatic rings. The molecule has 110 valence electrons. The topological polar surface area (TPSA) is 85.3 Å². The van der Waals surface area contributed by atoms with Crippen molar-refractivity contribution in [2.24, 2.45) is 5.73 Å². The predicted octanol–water partition coefficient (Wildman–Crippen LogP) is 2.74. The van der Waals surface area contributed by atoms with Crippen molar-refractivity contribution in [3.05, 3.63) is 27.4 Å². The molecule has 7 heteroatoms. The Morgan fingerprint density at radius 1 is 1.50 bits per heavy atom. The zero-order chi connectivity index (χ0) is 14.7. The SMILES string of the molecule is CCN(c1ncc([N+](=O)[O-])cc1Cl)C1CCC(N)CC1. The quantitative estimate of drug-likeness (QED) is 0.682. The number of hydrogen-bond donors (Lipinski definition) is 1. The summed E-state index contributed by atoms with van der Waals surface area (Å²) >= 11 is 6.16. The Labute approximate surface area is 123 Å². The van der Waals surface area contributed by atoms with Gasteiger partial charge in [-0.2, -0.15) is 0 Å². The van der Waals surface area contributed by atoms with Crippen molar-refractivity contribution in [2.45, 2.75) is 44.7 Å². The minimum absolute atomic E-state index is 0.0829. The van der Waals surface area contributed by atoms with Gasteiger partial charge in [-0.3, -0.25) is 10.1 Å². The minimum atomic E-state index is -0.488. The van der Waals surface area contributed by atoms with Crippen LogP contribution in [0.1, 0.15) is 32.6 Å². The van der Waals surface area contributed by atoms with Crippen LogP contribution < -0.4 is 10.6 Å². The van der Waals surface area contributed by atoms with Gasteiger partial charge in [0.25, 0.3) is 5.69 Å². The molecule has 2 rings (SSSR count). The van der Waals surface area contributed by atoms with Gasteiger partial charge in [-0.1, -0.05) is 11.6 Å². The molecule has 1 aliphatic rings. The fraction of sp³-hybridized carbons (Fsp3) is 0.615. The normalized spacial score (nSPS) is 22.6. The van der Waals surface area contributed by atoms with E-state index in [0.717, 1.165) is 32.2 Å². The highest BCUT2D eigenvalue weighted by Crippen LogP contribution is 2.32. The van der Waals surface area contributed by atoms with Crippen LogP contribution in [0.15, 0.2) is 12.3 Å². The van der Waals surface area contributed by atoms with Crippen molar-refractivity contribution in [1.82, 2.24) is 4.98 Å².